The summed E-state index contributed by atoms with van der Waals surface area (Å²) >= 11 is 2.99. The number of carbonyl (C=O) groups is 1. The number of esters is 1. The van der Waals surface area contributed by atoms with Crippen LogP contribution in [0.1, 0.15) is 23.6 Å². The Morgan fingerprint density at radius 1 is 1.44 bits per heavy atom. The highest BCUT2D eigenvalue weighted by atomic mass is 79.9. The van der Waals surface area contributed by atoms with Crippen LogP contribution < -0.4 is 5.73 Å². The number of halogens is 4. The molecule has 2 N–H and O–H groups in total. The van der Waals surface area contributed by atoms with Gasteiger partial charge in [0.25, 0.3) is 0 Å². The van der Waals surface area contributed by atoms with Crippen LogP contribution in [0.5, 0.6) is 0 Å². The summed E-state index contributed by atoms with van der Waals surface area (Å²) < 4.78 is 42.4. The first-order valence-corrected chi connectivity index (χ1v) is 5.73. The van der Waals surface area contributed by atoms with Crippen LogP contribution in [0.2, 0.25) is 0 Å². The van der Waals surface area contributed by atoms with E-state index < -0.39 is 23.8 Å². The van der Waals surface area contributed by atoms with Crippen molar-refractivity contribution in [3.8, 4) is 0 Å². The van der Waals surface area contributed by atoms with Gasteiger partial charge in [0.05, 0.1) is 19.1 Å². The summed E-state index contributed by atoms with van der Waals surface area (Å²) in [6.07, 6.45) is -4.63. The first-order chi connectivity index (χ1) is 8.24. The third kappa shape index (κ3) is 3.99. The van der Waals surface area contributed by atoms with Gasteiger partial charge in [-0.15, -0.1) is 0 Å². The van der Waals surface area contributed by atoms with E-state index in [1.54, 1.807) is 0 Å². The number of alkyl halides is 3. The number of ether oxygens (including phenoxy) is 1. The van der Waals surface area contributed by atoms with Crippen LogP contribution in [-0.4, -0.2) is 13.1 Å². The highest BCUT2D eigenvalue weighted by Gasteiger charge is 2.31. The average Bonchev–Trinajstić information content (AvgIpc) is 2.26. The molecular weight excluding hydrogens is 315 g/mol. The minimum absolute atomic E-state index is 0.176. The molecule has 18 heavy (non-hydrogen) atoms. The summed E-state index contributed by atoms with van der Waals surface area (Å²) in [6, 6.07) is 2.49. The Balaban J connectivity index is 3.03. The molecule has 0 radical (unpaired) electrons. The Bertz CT molecular complexity index is 448. The molecule has 7 heteroatoms. The van der Waals surface area contributed by atoms with Gasteiger partial charge in [0, 0.05) is 10.5 Å². The lowest BCUT2D eigenvalue weighted by Crippen LogP contribution is -2.17. The van der Waals surface area contributed by atoms with Crippen LogP contribution in [0.15, 0.2) is 22.7 Å². The zero-order valence-corrected chi connectivity index (χ0v) is 11.0. The lowest BCUT2D eigenvalue weighted by atomic mass is 10.0. The molecule has 0 aliphatic carbocycles. The van der Waals surface area contributed by atoms with Crippen LogP contribution in [-0.2, 0) is 15.7 Å². The quantitative estimate of drug-likeness (QED) is 0.869. The lowest BCUT2D eigenvalue weighted by Gasteiger charge is -2.14. The van der Waals surface area contributed by atoms with E-state index in [0.717, 1.165) is 12.1 Å². The molecule has 1 aromatic carbocycles. The number of hydrogen-bond donors (Lipinski definition) is 1. The molecule has 0 unspecified atom stereocenters. The molecule has 1 rings (SSSR count). The molecule has 1 aromatic rings. The van der Waals surface area contributed by atoms with Gasteiger partial charge in [-0.25, -0.2) is 0 Å². The Labute approximate surface area is 110 Å². The second-order valence-electron chi connectivity index (χ2n) is 3.66. The van der Waals surface area contributed by atoms with Crippen LogP contribution in [0.4, 0.5) is 13.2 Å². The fourth-order valence-corrected chi connectivity index (χ4v) is 1.88. The third-order valence-electron chi connectivity index (χ3n) is 2.29. The van der Waals surface area contributed by atoms with Gasteiger partial charge in [0.15, 0.2) is 0 Å². The van der Waals surface area contributed by atoms with Crippen molar-refractivity contribution in [3.05, 3.63) is 33.8 Å². The summed E-state index contributed by atoms with van der Waals surface area (Å²) in [5, 5.41) is 0. The van der Waals surface area contributed by atoms with Crippen molar-refractivity contribution in [1.29, 1.82) is 0 Å². The standard InChI is InChI=1S/C11H11BrF3NO2/c1-18-10(17)5-9(16)6-2-7(11(13,14)15)4-8(12)3-6/h2-4,9H,5,16H2,1H3/t9-/m1/s1. The fraction of sp³-hybridized carbons (Fsp3) is 0.364. The summed E-state index contributed by atoms with van der Waals surface area (Å²) in [7, 11) is 1.19. The van der Waals surface area contributed by atoms with Crippen LogP contribution in [0.25, 0.3) is 0 Å². The highest BCUT2D eigenvalue weighted by molar-refractivity contribution is 9.10. The van der Waals surface area contributed by atoms with Crippen molar-refractivity contribution >= 4 is 21.9 Å². The van der Waals surface area contributed by atoms with E-state index in [0.29, 0.717) is 0 Å². The molecule has 0 aliphatic heterocycles. The van der Waals surface area contributed by atoms with Crippen molar-refractivity contribution in [2.75, 3.05) is 7.11 Å². The van der Waals surface area contributed by atoms with Gasteiger partial charge in [-0.1, -0.05) is 15.9 Å². The van der Waals surface area contributed by atoms with Gasteiger partial charge in [-0.2, -0.15) is 13.2 Å². The number of rotatable bonds is 3. The lowest BCUT2D eigenvalue weighted by molar-refractivity contribution is -0.141. The van der Waals surface area contributed by atoms with Gasteiger partial charge in [0.2, 0.25) is 0 Å². The smallest absolute Gasteiger partial charge is 0.416 e. The second-order valence-corrected chi connectivity index (χ2v) is 4.57. The van der Waals surface area contributed by atoms with Gasteiger partial charge >= 0.3 is 12.1 Å². The fourth-order valence-electron chi connectivity index (χ4n) is 1.37. The summed E-state index contributed by atoms with van der Waals surface area (Å²) in [5.74, 6) is -0.573. The minimum atomic E-state index is -4.45. The SMILES string of the molecule is COC(=O)C[C@@H](N)c1cc(Br)cc(C(F)(F)F)c1. The molecule has 3 nitrogen and oxygen atoms in total. The molecule has 0 fully saturated rings. The molecule has 0 saturated heterocycles. The van der Waals surface area contributed by atoms with Crippen molar-refractivity contribution in [2.45, 2.75) is 18.6 Å². The normalized spacial score (nSPS) is 13.2. The number of hydrogen-bond acceptors (Lipinski definition) is 3. The maximum Gasteiger partial charge on any atom is 0.416 e. The van der Waals surface area contributed by atoms with Gasteiger partial charge in [-0.3, -0.25) is 4.79 Å². The largest absolute Gasteiger partial charge is 0.469 e. The van der Waals surface area contributed by atoms with Crippen LogP contribution in [0.3, 0.4) is 0 Å². The zero-order chi connectivity index (χ0) is 13.9. The Morgan fingerprint density at radius 2 is 2.06 bits per heavy atom. The van der Waals surface area contributed by atoms with Crippen molar-refractivity contribution in [3.63, 3.8) is 0 Å². The molecule has 0 aliphatic rings. The Kier molecular flexibility index (Phi) is 4.75. The predicted octanol–water partition coefficient (Wildman–Crippen LogP) is 3.03. The van der Waals surface area contributed by atoms with Crippen molar-refractivity contribution in [1.82, 2.24) is 0 Å². The molecule has 0 saturated carbocycles. The first kappa shape index (κ1) is 15.0. The Hall–Kier alpha value is -1.08. The summed E-state index contributed by atoms with van der Waals surface area (Å²) in [5.41, 5.74) is 5.07. The van der Waals surface area contributed by atoms with E-state index in [-0.39, 0.29) is 16.5 Å². The van der Waals surface area contributed by atoms with Crippen molar-refractivity contribution in [2.24, 2.45) is 5.73 Å². The molecule has 0 spiro atoms. The summed E-state index contributed by atoms with van der Waals surface area (Å²) in [6.45, 7) is 0. The Morgan fingerprint density at radius 3 is 2.56 bits per heavy atom. The molecule has 100 valence electrons. The molecule has 0 amide bonds. The number of methoxy groups -OCH3 is 1. The van der Waals surface area contributed by atoms with E-state index in [9.17, 15) is 18.0 Å². The number of carbonyl (C=O) groups excluding carboxylic acids is 1. The van der Waals surface area contributed by atoms with Gasteiger partial charge in [-0.05, 0) is 23.8 Å². The third-order valence-corrected chi connectivity index (χ3v) is 2.75. The van der Waals surface area contributed by atoms with E-state index in [2.05, 4.69) is 20.7 Å². The number of nitrogens with two attached hydrogens (primary N) is 1. The molecule has 0 aromatic heterocycles. The molecule has 0 bridgehead atoms. The topological polar surface area (TPSA) is 52.3 Å². The average molecular weight is 326 g/mol. The maximum absolute atomic E-state index is 12.6. The monoisotopic (exact) mass is 325 g/mol. The number of benzene rings is 1. The van der Waals surface area contributed by atoms with Gasteiger partial charge < -0.3 is 10.5 Å². The highest BCUT2D eigenvalue weighted by Crippen LogP contribution is 2.33. The van der Waals surface area contributed by atoms with E-state index in [1.807, 2.05) is 0 Å². The van der Waals surface area contributed by atoms with E-state index >= 15 is 0 Å². The minimum Gasteiger partial charge on any atom is -0.469 e. The van der Waals surface area contributed by atoms with Crippen LogP contribution in [0, 0.1) is 0 Å². The summed E-state index contributed by atoms with van der Waals surface area (Å²) in [4.78, 5) is 11.0. The van der Waals surface area contributed by atoms with Crippen LogP contribution >= 0.6 is 15.9 Å². The molecular formula is C11H11BrF3NO2. The van der Waals surface area contributed by atoms with E-state index in [4.69, 9.17) is 5.73 Å². The first-order valence-electron chi connectivity index (χ1n) is 4.94. The van der Waals surface area contributed by atoms with E-state index in [1.165, 1.54) is 13.2 Å². The molecule has 0 heterocycles. The molecule has 1 atom stereocenters. The van der Waals surface area contributed by atoms with Crippen molar-refractivity contribution < 1.29 is 22.7 Å². The zero-order valence-electron chi connectivity index (χ0n) is 9.42. The second kappa shape index (κ2) is 5.71. The predicted molar refractivity (Wildman–Crippen MR) is 62.7 cm³/mol. The maximum atomic E-state index is 12.6. The van der Waals surface area contributed by atoms with Gasteiger partial charge in [0.1, 0.15) is 0 Å².